The number of hydrogen-bond donors (Lipinski definition) is 3. The van der Waals surface area contributed by atoms with Crippen molar-refractivity contribution in [1.29, 1.82) is 0 Å². The molecule has 3 aromatic rings. The highest BCUT2D eigenvalue weighted by Crippen LogP contribution is 2.30. The molecule has 1 heterocycles. The number of hydrogen-bond acceptors (Lipinski definition) is 6. The first-order chi connectivity index (χ1) is 17.4. The van der Waals surface area contributed by atoms with Gasteiger partial charge in [-0.2, -0.15) is 11.3 Å². The van der Waals surface area contributed by atoms with Crippen LogP contribution in [0.4, 0.5) is 0 Å². The van der Waals surface area contributed by atoms with Crippen LogP contribution in [0.5, 0.6) is 11.5 Å². The number of benzene rings is 2. The topological polar surface area (TPSA) is 122 Å². The summed E-state index contributed by atoms with van der Waals surface area (Å²) in [4.78, 5) is 34.5. The molecule has 3 N–H and O–H groups in total. The normalized spacial score (nSPS) is 10.6. The van der Waals surface area contributed by atoms with Gasteiger partial charge in [0.15, 0.2) is 0 Å². The Morgan fingerprint density at radius 2 is 1.78 bits per heavy atom. The molecule has 1 aromatic heterocycles. The van der Waals surface area contributed by atoms with Crippen molar-refractivity contribution in [3.05, 3.63) is 69.9 Å². The maximum absolute atomic E-state index is 12.5. The van der Waals surface area contributed by atoms with Crippen molar-refractivity contribution in [2.45, 2.75) is 39.2 Å². The lowest BCUT2D eigenvalue weighted by Crippen LogP contribution is -2.22. The van der Waals surface area contributed by atoms with Gasteiger partial charge in [-0.25, -0.2) is 0 Å². The van der Waals surface area contributed by atoms with E-state index >= 15 is 0 Å². The summed E-state index contributed by atoms with van der Waals surface area (Å²) >= 11 is 1.56. The lowest BCUT2D eigenvalue weighted by Gasteiger charge is -2.17. The van der Waals surface area contributed by atoms with Gasteiger partial charge in [-0.1, -0.05) is 12.1 Å². The molecule has 0 aliphatic carbocycles. The Hall–Kier alpha value is -3.85. The number of amides is 1. The zero-order chi connectivity index (χ0) is 25.9. The standard InChI is InChI=1S/C27H29NO7S/c1-2-28-27(33)21-13-20(19-10-12-36-17-19)14-22(15-21)35-16-18-5-3-6-24(23(18)8-9-26(31)32)34-11-4-7-25(29)30/h3,5-6,10,12-15,17H,2,4,7-9,11,16H2,1H3,(H,28,33)(H,29,30)(H,31,32). The van der Waals surface area contributed by atoms with Gasteiger partial charge in [0.1, 0.15) is 18.1 Å². The second-order valence-corrected chi connectivity index (χ2v) is 8.82. The first-order valence-corrected chi connectivity index (χ1v) is 12.6. The molecule has 0 saturated carbocycles. The van der Waals surface area contributed by atoms with E-state index in [0.717, 1.165) is 16.7 Å². The van der Waals surface area contributed by atoms with Gasteiger partial charge >= 0.3 is 11.9 Å². The van der Waals surface area contributed by atoms with Crippen molar-refractivity contribution < 1.29 is 34.1 Å². The molecule has 0 atom stereocenters. The fourth-order valence-corrected chi connectivity index (χ4v) is 4.30. The smallest absolute Gasteiger partial charge is 0.303 e. The lowest BCUT2D eigenvalue weighted by atomic mass is 10.0. The van der Waals surface area contributed by atoms with Gasteiger partial charge in [-0.15, -0.1) is 0 Å². The van der Waals surface area contributed by atoms with E-state index in [-0.39, 0.29) is 38.4 Å². The number of thiophene rings is 1. The molecule has 0 spiro atoms. The highest BCUT2D eigenvalue weighted by molar-refractivity contribution is 7.08. The average Bonchev–Trinajstić information content (AvgIpc) is 3.39. The van der Waals surface area contributed by atoms with Crippen molar-refractivity contribution in [3.8, 4) is 22.6 Å². The molecule has 0 bridgehead atoms. The van der Waals surface area contributed by atoms with Crippen LogP contribution in [0.3, 0.4) is 0 Å². The Labute approximate surface area is 213 Å². The molecule has 0 aliphatic rings. The van der Waals surface area contributed by atoms with E-state index in [2.05, 4.69) is 5.32 Å². The molecule has 1 amide bonds. The Kier molecular flexibility index (Phi) is 9.88. The van der Waals surface area contributed by atoms with Crippen LogP contribution in [0.25, 0.3) is 11.1 Å². The lowest BCUT2D eigenvalue weighted by molar-refractivity contribution is -0.138. The number of carboxylic acids is 2. The third-order valence-electron chi connectivity index (χ3n) is 5.37. The van der Waals surface area contributed by atoms with Crippen LogP contribution in [0, 0.1) is 0 Å². The molecule has 0 unspecified atom stereocenters. The predicted octanol–water partition coefficient (Wildman–Crippen LogP) is 5.00. The molecule has 0 radical (unpaired) electrons. The Balaban J connectivity index is 1.84. The number of ether oxygens (including phenoxy) is 2. The van der Waals surface area contributed by atoms with Crippen LogP contribution in [0.15, 0.2) is 53.2 Å². The maximum Gasteiger partial charge on any atom is 0.303 e. The summed E-state index contributed by atoms with van der Waals surface area (Å²) in [6.07, 6.45) is 0.480. The zero-order valence-corrected chi connectivity index (χ0v) is 20.8. The molecular formula is C27H29NO7S. The molecule has 0 fully saturated rings. The zero-order valence-electron chi connectivity index (χ0n) is 20.0. The van der Waals surface area contributed by atoms with E-state index in [1.807, 2.05) is 41.9 Å². The maximum atomic E-state index is 12.5. The highest BCUT2D eigenvalue weighted by Gasteiger charge is 2.15. The summed E-state index contributed by atoms with van der Waals surface area (Å²) < 4.78 is 11.9. The second kappa shape index (κ2) is 13.3. The molecule has 190 valence electrons. The average molecular weight is 512 g/mol. The summed E-state index contributed by atoms with van der Waals surface area (Å²) in [6.45, 7) is 2.70. The monoisotopic (exact) mass is 511 g/mol. The summed E-state index contributed by atoms with van der Waals surface area (Å²) in [5.41, 5.74) is 3.78. The van der Waals surface area contributed by atoms with Crippen LogP contribution in [0.2, 0.25) is 0 Å². The van der Waals surface area contributed by atoms with Crippen molar-refractivity contribution in [1.82, 2.24) is 5.32 Å². The number of carbonyl (C=O) groups excluding carboxylic acids is 1. The molecule has 36 heavy (non-hydrogen) atoms. The van der Waals surface area contributed by atoms with Crippen molar-refractivity contribution in [3.63, 3.8) is 0 Å². The highest BCUT2D eigenvalue weighted by atomic mass is 32.1. The predicted molar refractivity (Wildman–Crippen MR) is 137 cm³/mol. The number of carboxylic acid groups (broad SMARTS) is 2. The van der Waals surface area contributed by atoms with Crippen molar-refractivity contribution >= 4 is 29.2 Å². The largest absolute Gasteiger partial charge is 0.493 e. The molecule has 0 aliphatic heterocycles. The van der Waals surface area contributed by atoms with Gasteiger partial charge in [0.25, 0.3) is 5.91 Å². The summed E-state index contributed by atoms with van der Waals surface area (Å²) in [6, 6.07) is 12.7. The first-order valence-electron chi connectivity index (χ1n) is 11.6. The van der Waals surface area contributed by atoms with Crippen molar-refractivity contribution in [2.75, 3.05) is 13.2 Å². The molecular weight excluding hydrogens is 482 g/mol. The Bertz CT molecular complexity index is 1190. The fourth-order valence-electron chi connectivity index (χ4n) is 3.64. The van der Waals surface area contributed by atoms with Gasteiger partial charge in [-0.05, 0) is 77.5 Å². The van der Waals surface area contributed by atoms with Crippen LogP contribution in [-0.4, -0.2) is 41.2 Å². The van der Waals surface area contributed by atoms with Crippen LogP contribution in [-0.2, 0) is 22.6 Å². The van der Waals surface area contributed by atoms with E-state index in [1.54, 1.807) is 29.5 Å². The van der Waals surface area contributed by atoms with Gasteiger partial charge in [0.2, 0.25) is 0 Å². The Morgan fingerprint density at radius 3 is 2.47 bits per heavy atom. The van der Waals surface area contributed by atoms with Crippen LogP contribution >= 0.6 is 11.3 Å². The second-order valence-electron chi connectivity index (χ2n) is 8.04. The minimum Gasteiger partial charge on any atom is -0.493 e. The summed E-state index contributed by atoms with van der Waals surface area (Å²) in [7, 11) is 0. The minimum atomic E-state index is -0.933. The third kappa shape index (κ3) is 7.84. The number of carbonyl (C=O) groups is 3. The van der Waals surface area contributed by atoms with Gasteiger partial charge in [0.05, 0.1) is 6.61 Å². The van der Waals surface area contributed by atoms with Crippen molar-refractivity contribution in [2.24, 2.45) is 0 Å². The number of rotatable bonds is 14. The van der Waals surface area contributed by atoms with Gasteiger partial charge in [-0.3, -0.25) is 14.4 Å². The van der Waals surface area contributed by atoms with E-state index in [9.17, 15) is 19.5 Å². The molecule has 2 aromatic carbocycles. The van der Waals surface area contributed by atoms with Gasteiger partial charge < -0.3 is 25.0 Å². The van der Waals surface area contributed by atoms with E-state index in [1.165, 1.54) is 0 Å². The molecule has 9 heteroatoms. The fraction of sp³-hybridized carbons (Fsp3) is 0.296. The number of nitrogens with one attached hydrogen (secondary N) is 1. The molecule has 8 nitrogen and oxygen atoms in total. The van der Waals surface area contributed by atoms with E-state index in [4.69, 9.17) is 14.6 Å². The number of aliphatic carboxylic acids is 2. The molecule has 0 saturated heterocycles. The summed E-state index contributed by atoms with van der Waals surface area (Å²) in [5, 5.41) is 24.8. The molecule has 3 rings (SSSR count). The van der Waals surface area contributed by atoms with E-state index in [0.29, 0.717) is 35.6 Å². The van der Waals surface area contributed by atoms with Crippen LogP contribution in [0.1, 0.15) is 47.7 Å². The minimum absolute atomic E-state index is 0.0122. The van der Waals surface area contributed by atoms with E-state index < -0.39 is 11.9 Å². The third-order valence-corrected chi connectivity index (χ3v) is 6.05. The quantitative estimate of drug-likeness (QED) is 0.260. The Morgan fingerprint density at radius 1 is 0.972 bits per heavy atom. The first kappa shape index (κ1) is 26.7. The summed E-state index contributed by atoms with van der Waals surface area (Å²) in [5.74, 6) is -1.01. The van der Waals surface area contributed by atoms with Crippen LogP contribution < -0.4 is 14.8 Å². The SMILES string of the molecule is CCNC(=O)c1cc(OCc2cccc(OCCCC(=O)O)c2CCC(=O)O)cc(-c2ccsc2)c1. The van der Waals surface area contributed by atoms with Gasteiger partial charge in [0, 0.05) is 30.5 Å².